The van der Waals surface area contributed by atoms with Crippen LogP contribution in [0.3, 0.4) is 0 Å². The summed E-state index contributed by atoms with van der Waals surface area (Å²) in [6, 6.07) is 0. The molecule has 0 rings (SSSR count). The molecule has 0 aliphatic rings. The van der Waals surface area contributed by atoms with Gasteiger partial charge in [0.1, 0.15) is 6.10 Å². The number of Topliss-reactive ketones (excluding diaryl/α,β-unsaturated/α-hetero) is 1. The van der Waals surface area contributed by atoms with Crippen LogP contribution in [0.25, 0.3) is 0 Å². The molecular weight excluding hydrogens is 154 g/mol. The quantitative estimate of drug-likeness (QED) is 0.619. The third-order valence-corrected chi connectivity index (χ3v) is 1.54. The first-order valence-electron chi connectivity index (χ1n) is 4.46. The van der Waals surface area contributed by atoms with E-state index in [4.69, 9.17) is 4.84 Å². The van der Waals surface area contributed by atoms with Gasteiger partial charge in [-0.3, -0.25) is 9.63 Å². The molecule has 0 aromatic carbocycles. The first-order chi connectivity index (χ1) is 5.57. The van der Waals surface area contributed by atoms with Gasteiger partial charge in [0.2, 0.25) is 0 Å². The zero-order chi connectivity index (χ0) is 9.56. The number of nitrogens with one attached hydrogen (secondary N) is 1. The van der Waals surface area contributed by atoms with Gasteiger partial charge in [-0.25, -0.2) is 5.48 Å². The lowest BCUT2D eigenvalue weighted by atomic mass is 10.2. The lowest BCUT2D eigenvalue weighted by Gasteiger charge is -2.14. The molecule has 0 bridgehead atoms. The van der Waals surface area contributed by atoms with Gasteiger partial charge in [-0.2, -0.15) is 0 Å². The zero-order valence-corrected chi connectivity index (χ0v) is 8.39. The molecule has 1 atom stereocenters. The van der Waals surface area contributed by atoms with Gasteiger partial charge < -0.3 is 0 Å². The van der Waals surface area contributed by atoms with Crippen LogP contribution < -0.4 is 5.48 Å². The van der Waals surface area contributed by atoms with Gasteiger partial charge >= 0.3 is 0 Å². The number of carbonyl (C=O) groups is 1. The molecule has 0 aromatic heterocycles. The van der Waals surface area contributed by atoms with Crippen molar-refractivity contribution in [3.8, 4) is 0 Å². The predicted octanol–water partition coefficient (Wildman–Crippen LogP) is 1.53. The highest BCUT2D eigenvalue weighted by atomic mass is 16.7. The molecule has 0 aliphatic heterocycles. The SMILES string of the molecule is CCC(ONCC(C)C)C(C)=O. The molecule has 0 amide bonds. The van der Waals surface area contributed by atoms with Crippen LogP contribution in [0.1, 0.15) is 34.1 Å². The van der Waals surface area contributed by atoms with E-state index in [0.717, 1.165) is 13.0 Å². The summed E-state index contributed by atoms with van der Waals surface area (Å²) in [7, 11) is 0. The summed E-state index contributed by atoms with van der Waals surface area (Å²) >= 11 is 0. The van der Waals surface area contributed by atoms with Gasteiger partial charge in [-0.05, 0) is 19.3 Å². The van der Waals surface area contributed by atoms with E-state index in [1.54, 1.807) is 6.92 Å². The van der Waals surface area contributed by atoms with E-state index in [-0.39, 0.29) is 11.9 Å². The van der Waals surface area contributed by atoms with Gasteiger partial charge in [0.25, 0.3) is 0 Å². The zero-order valence-electron chi connectivity index (χ0n) is 8.39. The molecule has 0 aliphatic carbocycles. The van der Waals surface area contributed by atoms with Gasteiger partial charge in [0.15, 0.2) is 5.78 Å². The largest absolute Gasteiger partial charge is 0.297 e. The van der Waals surface area contributed by atoms with Crippen LogP contribution in [0.2, 0.25) is 0 Å². The van der Waals surface area contributed by atoms with Crippen LogP contribution in [0.5, 0.6) is 0 Å². The van der Waals surface area contributed by atoms with Crippen LogP contribution in [-0.4, -0.2) is 18.4 Å². The number of hydrogen-bond acceptors (Lipinski definition) is 3. The minimum atomic E-state index is -0.288. The molecule has 72 valence electrons. The van der Waals surface area contributed by atoms with Crippen molar-refractivity contribution in [1.29, 1.82) is 0 Å². The molecular formula is C9H19NO2. The first-order valence-corrected chi connectivity index (χ1v) is 4.46. The van der Waals surface area contributed by atoms with E-state index in [0.29, 0.717) is 5.92 Å². The minimum Gasteiger partial charge on any atom is -0.297 e. The van der Waals surface area contributed by atoms with Crippen LogP contribution >= 0.6 is 0 Å². The van der Waals surface area contributed by atoms with Crippen LogP contribution in [-0.2, 0) is 9.63 Å². The van der Waals surface area contributed by atoms with Crippen LogP contribution in [0.4, 0.5) is 0 Å². The van der Waals surface area contributed by atoms with E-state index >= 15 is 0 Å². The third-order valence-electron chi connectivity index (χ3n) is 1.54. The summed E-state index contributed by atoms with van der Waals surface area (Å²) in [6.07, 6.45) is 0.434. The summed E-state index contributed by atoms with van der Waals surface area (Å²) in [5.41, 5.74) is 2.80. The van der Waals surface area contributed by atoms with Crippen molar-refractivity contribution in [3.63, 3.8) is 0 Å². The molecule has 0 fully saturated rings. The Bertz CT molecular complexity index is 134. The monoisotopic (exact) mass is 173 g/mol. The number of hydrogen-bond donors (Lipinski definition) is 1. The number of hydroxylamine groups is 1. The van der Waals surface area contributed by atoms with Crippen molar-refractivity contribution >= 4 is 5.78 Å². The highest BCUT2D eigenvalue weighted by molar-refractivity contribution is 5.80. The molecule has 3 nitrogen and oxygen atoms in total. The summed E-state index contributed by atoms with van der Waals surface area (Å²) in [5, 5.41) is 0. The fraction of sp³-hybridized carbons (Fsp3) is 0.889. The molecule has 1 unspecified atom stereocenters. The second-order valence-corrected chi connectivity index (χ2v) is 3.37. The maximum atomic E-state index is 10.9. The van der Waals surface area contributed by atoms with Crippen molar-refractivity contribution < 1.29 is 9.63 Å². The smallest absolute Gasteiger partial charge is 0.160 e. The molecule has 0 saturated carbocycles. The van der Waals surface area contributed by atoms with Gasteiger partial charge in [-0.1, -0.05) is 20.8 Å². The predicted molar refractivity (Wildman–Crippen MR) is 48.7 cm³/mol. The lowest BCUT2D eigenvalue weighted by Crippen LogP contribution is -2.30. The summed E-state index contributed by atoms with van der Waals surface area (Å²) in [6.45, 7) is 8.44. The van der Waals surface area contributed by atoms with Crippen LogP contribution in [0.15, 0.2) is 0 Å². The van der Waals surface area contributed by atoms with Crippen molar-refractivity contribution in [2.45, 2.75) is 40.2 Å². The second kappa shape index (κ2) is 6.14. The second-order valence-electron chi connectivity index (χ2n) is 3.37. The van der Waals surface area contributed by atoms with Crippen molar-refractivity contribution in [3.05, 3.63) is 0 Å². The Labute approximate surface area is 74.4 Å². The normalized spacial score (nSPS) is 13.4. The number of rotatable bonds is 6. The van der Waals surface area contributed by atoms with E-state index in [1.807, 2.05) is 6.92 Å². The summed E-state index contributed by atoms with van der Waals surface area (Å²) < 4.78 is 0. The minimum absolute atomic E-state index is 0.0776. The van der Waals surface area contributed by atoms with Crippen molar-refractivity contribution in [1.82, 2.24) is 5.48 Å². The molecule has 0 heterocycles. The first kappa shape index (κ1) is 11.6. The number of ketones is 1. The third kappa shape index (κ3) is 5.27. The topological polar surface area (TPSA) is 38.3 Å². The molecule has 0 radical (unpaired) electrons. The van der Waals surface area contributed by atoms with E-state index in [2.05, 4.69) is 19.3 Å². The maximum Gasteiger partial charge on any atom is 0.160 e. The average molecular weight is 173 g/mol. The van der Waals surface area contributed by atoms with Gasteiger partial charge in [0.05, 0.1) is 0 Å². The Morgan fingerprint density at radius 3 is 2.42 bits per heavy atom. The Kier molecular flexibility index (Phi) is 5.93. The Hall–Kier alpha value is -0.410. The molecule has 0 spiro atoms. The summed E-state index contributed by atoms with van der Waals surface area (Å²) in [4.78, 5) is 16.0. The van der Waals surface area contributed by atoms with Gasteiger partial charge in [0, 0.05) is 6.54 Å². The number of carbonyl (C=O) groups excluding carboxylic acids is 1. The fourth-order valence-corrected chi connectivity index (χ4v) is 0.769. The van der Waals surface area contributed by atoms with Crippen LogP contribution in [0, 0.1) is 5.92 Å². The van der Waals surface area contributed by atoms with Gasteiger partial charge in [-0.15, -0.1) is 0 Å². The Balaban J connectivity index is 3.52. The average Bonchev–Trinajstić information content (AvgIpc) is 1.96. The highest BCUT2D eigenvalue weighted by Crippen LogP contribution is 1.97. The Morgan fingerprint density at radius 2 is 2.08 bits per heavy atom. The Morgan fingerprint density at radius 1 is 1.50 bits per heavy atom. The molecule has 0 aromatic rings. The maximum absolute atomic E-state index is 10.9. The van der Waals surface area contributed by atoms with Crippen molar-refractivity contribution in [2.24, 2.45) is 5.92 Å². The standard InChI is InChI=1S/C9H19NO2/c1-5-9(8(4)11)12-10-6-7(2)3/h7,9-10H,5-6H2,1-4H3. The lowest BCUT2D eigenvalue weighted by molar-refractivity contribution is -0.134. The van der Waals surface area contributed by atoms with E-state index in [9.17, 15) is 4.79 Å². The van der Waals surface area contributed by atoms with Crippen molar-refractivity contribution in [2.75, 3.05) is 6.54 Å². The molecule has 0 saturated heterocycles. The summed E-state index contributed by atoms with van der Waals surface area (Å²) in [5.74, 6) is 0.614. The highest BCUT2D eigenvalue weighted by Gasteiger charge is 2.11. The molecule has 1 N–H and O–H groups in total. The fourth-order valence-electron chi connectivity index (χ4n) is 0.769. The van der Waals surface area contributed by atoms with E-state index in [1.165, 1.54) is 0 Å². The molecule has 12 heavy (non-hydrogen) atoms. The van der Waals surface area contributed by atoms with E-state index < -0.39 is 0 Å². The molecule has 3 heteroatoms.